The fraction of sp³-hybridized carbons (Fsp3) is 0.333. The minimum atomic E-state index is -0.177. The Balaban J connectivity index is 0.00000106. The number of hydrogen-bond donors (Lipinski definition) is 0. The van der Waals surface area contributed by atoms with Gasteiger partial charge < -0.3 is 9.09 Å². The normalized spacial score (nSPS) is 20.8. The molecule has 3 atom stereocenters. The number of allylic oxidation sites excluding steroid dienone is 2. The van der Waals surface area contributed by atoms with Crippen molar-refractivity contribution in [3.05, 3.63) is 70.1 Å². The highest BCUT2D eigenvalue weighted by atomic mass is 32.1. The van der Waals surface area contributed by atoms with Gasteiger partial charge in [0.25, 0.3) is 5.56 Å². The summed E-state index contributed by atoms with van der Waals surface area (Å²) in [5, 5.41) is 4.21. The summed E-state index contributed by atoms with van der Waals surface area (Å²) in [5.74, 6) is 2.39. The molecule has 172 valence electrons. The van der Waals surface area contributed by atoms with Crippen LogP contribution in [0.5, 0.6) is 0 Å². The van der Waals surface area contributed by atoms with Gasteiger partial charge in [-0.3, -0.25) is 9.36 Å². The molecule has 1 saturated carbocycles. The molecule has 0 bridgehead atoms. The average Bonchev–Trinajstić information content (AvgIpc) is 3.44. The van der Waals surface area contributed by atoms with E-state index >= 15 is 0 Å². The lowest BCUT2D eigenvalue weighted by Crippen LogP contribution is -2.22. The van der Waals surface area contributed by atoms with Gasteiger partial charge in [-0.1, -0.05) is 31.1 Å². The Morgan fingerprint density at radius 1 is 1.18 bits per heavy atom. The maximum absolute atomic E-state index is 12.7. The molecular formula is C24H23N7O2S. The summed E-state index contributed by atoms with van der Waals surface area (Å²) >= 11 is 1.67. The molecule has 0 saturated heterocycles. The highest BCUT2D eigenvalue weighted by Crippen LogP contribution is 2.62. The smallest absolute Gasteiger partial charge is 0.280 e. The number of fused-ring (bicyclic) bond motifs is 3. The second-order valence-corrected chi connectivity index (χ2v) is 9.34. The van der Waals surface area contributed by atoms with Gasteiger partial charge >= 0.3 is 0 Å². The third-order valence-corrected chi connectivity index (χ3v) is 7.36. The summed E-state index contributed by atoms with van der Waals surface area (Å²) in [7, 11) is 1.77. The van der Waals surface area contributed by atoms with Gasteiger partial charge in [0.2, 0.25) is 5.89 Å². The fourth-order valence-corrected chi connectivity index (χ4v) is 5.59. The van der Waals surface area contributed by atoms with Crippen LogP contribution >= 0.6 is 11.3 Å². The predicted octanol–water partition coefficient (Wildman–Crippen LogP) is 4.01. The molecule has 0 radical (unpaired) electrons. The third-order valence-electron chi connectivity index (χ3n) is 6.57. The number of aromatic nitrogens is 7. The molecule has 0 spiro atoms. The van der Waals surface area contributed by atoms with Crippen LogP contribution in [-0.2, 0) is 13.6 Å². The van der Waals surface area contributed by atoms with Crippen molar-refractivity contribution in [2.45, 2.75) is 32.7 Å². The molecule has 34 heavy (non-hydrogen) atoms. The van der Waals surface area contributed by atoms with Crippen molar-refractivity contribution in [2.24, 2.45) is 18.9 Å². The van der Waals surface area contributed by atoms with Crippen molar-refractivity contribution >= 4 is 38.3 Å². The number of hydrogen-bond acceptors (Lipinski definition) is 8. The van der Waals surface area contributed by atoms with Crippen LogP contribution in [0.1, 0.15) is 43.5 Å². The number of thiazole rings is 1. The van der Waals surface area contributed by atoms with Crippen LogP contribution < -0.4 is 5.56 Å². The Hall–Kier alpha value is -3.66. The molecule has 9 nitrogen and oxygen atoms in total. The number of benzene rings is 1. The van der Waals surface area contributed by atoms with E-state index in [1.807, 2.05) is 19.4 Å². The first kappa shape index (κ1) is 20.9. The number of rotatable bonds is 4. The Morgan fingerprint density at radius 3 is 2.85 bits per heavy atom. The molecule has 0 unspecified atom stereocenters. The van der Waals surface area contributed by atoms with Crippen LogP contribution in [0.3, 0.4) is 0 Å². The zero-order chi connectivity index (χ0) is 23.4. The van der Waals surface area contributed by atoms with Gasteiger partial charge in [0, 0.05) is 13.0 Å². The highest BCUT2D eigenvalue weighted by Gasteiger charge is 2.55. The SMILES string of the molecule is CC.Cn1cnc2ncn(Cc3nc([C@H]4[C@@H]5C=C(c6ccc7ncsc7c6)C[C@@H]54)no3)c(=O)c21. The quantitative estimate of drug-likeness (QED) is 0.388. The first-order valence-corrected chi connectivity index (χ1v) is 12.3. The van der Waals surface area contributed by atoms with Gasteiger partial charge in [-0.2, -0.15) is 4.98 Å². The second-order valence-electron chi connectivity index (χ2n) is 8.45. The van der Waals surface area contributed by atoms with E-state index in [1.54, 1.807) is 29.3 Å². The maximum atomic E-state index is 12.7. The van der Waals surface area contributed by atoms with E-state index < -0.39 is 0 Å². The van der Waals surface area contributed by atoms with Crippen molar-refractivity contribution in [3.63, 3.8) is 0 Å². The molecule has 4 aromatic heterocycles. The summed E-state index contributed by atoms with van der Waals surface area (Å²) in [6.07, 6.45) is 6.43. The molecule has 10 heteroatoms. The largest absolute Gasteiger partial charge is 0.337 e. The van der Waals surface area contributed by atoms with Crippen LogP contribution in [0.15, 0.2) is 51.8 Å². The summed E-state index contributed by atoms with van der Waals surface area (Å²) in [4.78, 5) is 30.0. The van der Waals surface area contributed by atoms with Crippen molar-refractivity contribution in [2.75, 3.05) is 0 Å². The standard InChI is InChI=1S/C22H17N7O2S.C2H6/c1-28-8-23-21-19(28)22(30)29(9-24-21)7-17-26-20(27-31-17)18-13-4-12(5-14(13)18)11-2-3-15-16(6-11)32-10-25-15;1-2/h2-4,6,8-10,13-14,18H,5,7H2,1H3;1-2H3/t13-,14+,18+;/m1./s1. The Bertz CT molecular complexity index is 1610. The zero-order valence-corrected chi connectivity index (χ0v) is 19.9. The summed E-state index contributed by atoms with van der Waals surface area (Å²) in [6.45, 7) is 4.19. The van der Waals surface area contributed by atoms with Crippen LogP contribution in [0, 0.1) is 11.8 Å². The molecule has 1 aromatic carbocycles. The fourth-order valence-electron chi connectivity index (χ4n) is 4.88. The van der Waals surface area contributed by atoms with Crippen LogP contribution in [0.4, 0.5) is 0 Å². The lowest BCUT2D eigenvalue weighted by Gasteiger charge is -2.05. The molecule has 2 aliphatic rings. The van der Waals surface area contributed by atoms with Gasteiger partial charge in [-0.15, -0.1) is 11.3 Å². The van der Waals surface area contributed by atoms with Crippen molar-refractivity contribution in [1.82, 2.24) is 34.2 Å². The summed E-state index contributed by atoms with van der Waals surface area (Å²) < 4.78 is 9.83. The minimum absolute atomic E-state index is 0.177. The van der Waals surface area contributed by atoms with Crippen LogP contribution in [0.25, 0.3) is 27.0 Å². The van der Waals surface area contributed by atoms with E-state index in [-0.39, 0.29) is 18.0 Å². The van der Waals surface area contributed by atoms with E-state index in [0.717, 1.165) is 17.8 Å². The molecule has 2 aliphatic carbocycles. The summed E-state index contributed by atoms with van der Waals surface area (Å²) in [6, 6.07) is 6.48. The van der Waals surface area contributed by atoms with E-state index in [2.05, 4.69) is 49.4 Å². The zero-order valence-electron chi connectivity index (χ0n) is 19.0. The van der Waals surface area contributed by atoms with E-state index in [4.69, 9.17) is 4.52 Å². The molecule has 0 N–H and O–H groups in total. The first-order valence-electron chi connectivity index (χ1n) is 11.4. The van der Waals surface area contributed by atoms with E-state index in [9.17, 15) is 4.79 Å². The van der Waals surface area contributed by atoms with Gasteiger partial charge in [0.15, 0.2) is 17.0 Å². The lowest BCUT2D eigenvalue weighted by atomic mass is 10.0. The third kappa shape index (κ3) is 3.28. The van der Waals surface area contributed by atoms with E-state index in [0.29, 0.717) is 28.9 Å². The summed E-state index contributed by atoms with van der Waals surface area (Å²) in [5.41, 5.74) is 6.31. The van der Waals surface area contributed by atoms with Crippen LogP contribution in [-0.4, -0.2) is 34.2 Å². The Morgan fingerprint density at radius 2 is 2.03 bits per heavy atom. The van der Waals surface area contributed by atoms with Gasteiger partial charge in [-0.25, -0.2) is 15.0 Å². The molecule has 7 rings (SSSR count). The van der Waals surface area contributed by atoms with Crippen molar-refractivity contribution in [3.8, 4) is 0 Å². The molecule has 4 heterocycles. The monoisotopic (exact) mass is 473 g/mol. The number of nitrogens with zero attached hydrogens (tertiary/aromatic N) is 7. The van der Waals surface area contributed by atoms with Gasteiger partial charge in [0.05, 0.1) is 22.1 Å². The molecule has 5 aromatic rings. The topological polar surface area (TPSA) is 105 Å². The minimum Gasteiger partial charge on any atom is -0.337 e. The van der Waals surface area contributed by atoms with Gasteiger partial charge in [-0.05, 0) is 41.5 Å². The lowest BCUT2D eigenvalue weighted by molar-refractivity contribution is 0.364. The molecule has 1 fully saturated rings. The molecule has 0 aliphatic heterocycles. The van der Waals surface area contributed by atoms with Crippen LogP contribution in [0.2, 0.25) is 0 Å². The van der Waals surface area contributed by atoms with Gasteiger partial charge in [0.1, 0.15) is 12.9 Å². The average molecular weight is 474 g/mol. The predicted molar refractivity (Wildman–Crippen MR) is 129 cm³/mol. The van der Waals surface area contributed by atoms with E-state index in [1.165, 1.54) is 26.7 Å². The Labute approximate surface area is 198 Å². The number of imidazole rings is 1. The number of aryl methyl sites for hydroxylation is 1. The maximum Gasteiger partial charge on any atom is 0.280 e. The first-order chi connectivity index (χ1) is 16.7. The highest BCUT2D eigenvalue weighted by molar-refractivity contribution is 7.16. The van der Waals surface area contributed by atoms with Crippen molar-refractivity contribution in [1.29, 1.82) is 0 Å². The molecular weight excluding hydrogens is 450 g/mol. The molecule has 0 amide bonds. The second kappa shape index (κ2) is 7.98. The Kier molecular flexibility index (Phi) is 4.91. The van der Waals surface area contributed by atoms with Crippen molar-refractivity contribution < 1.29 is 4.52 Å².